The van der Waals surface area contributed by atoms with E-state index in [1.807, 2.05) is 25.1 Å². The van der Waals surface area contributed by atoms with E-state index in [9.17, 15) is 4.79 Å². The van der Waals surface area contributed by atoms with Crippen LogP contribution in [0.1, 0.15) is 12.5 Å². The van der Waals surface area contributed by atoms with Crippen LogP contribution in [0.2, 0.25) is 0 Å². The Morgan fingerprint density at radius 3 is 2.94 bits per heavy atom. The van der Waals surface area contributed by atoms with Crippen LogP contribution in [0, 0.1) is 0 Å². The van der Waals surface area contributed by atoms with E-state index in [0.29, 0.717) is 13.0 Å². The van der Waals surface area contributed by atoms with Gasteiger partial charge in [-0.05, 0) is 18.6 Å². The highest BCUT2D eigenvalue weighted by Crippen LogP contribution is 2.29. The number of hydrogen-bond acceptors (Lipinski definition) is 4. The van der Waals surface area contributed by atoms with Gasteiger partial charge in [-0.15, -0.1) is 12.4 Å². The van der Waals surface area contributed by atoms with E-state index < -0.39 is 0 Å². The van der Waals surface area contributed by atoms with Crippen molar-refractivity contribution in [3.8, 4) is 5.75 Å². The number of nitrogens with one attached hydrogen (secondary N) is 1. The first-order valence-corrected chi connectivity index (χ1v) is 5.34. The fourth-order valence-corrected chi connectivity index (χ4v) is 1.84. The molecule has 4 nitrogen and oxygen atoms in total. The monoisotopic (exact) mass is 257 g/mol. The maximum Gasteiger partial charge on any atom is 0.328 e. The van der Waals surface area contributed by atoms with Crippen LogP contribution in [0.15, 0.2) is 18.2 Å². The molecule has 1 aromatic rings. The van der Waals surface area contributed by atoms with Crippen molar-refractivity contribution < 1.29 is 14.3 Å². The molecule has 1 N–H and O–H groups in total. The normalized spacial score (nSPS) is 16.5. The third-order valence-electron chi connectivity index (χ3n) is 2.64. The van der Waals surface area contributed by atoms with Crippen molar-refractivity contribution in [2.75, 3.05) is 19.0 Å². The fraction of sp³-hybridized carbons (Fsp3) is 0.417. The Morgan fingerprint density at radius 2 is 2.29 bits per heavy atom. The van der Waals surface area contributed by atoms with E-state index in [4.69, 9.17) is 9.47 Å². The summed E-state index contributed by atoms with van der Waals surface area (Å²) in [5, 5.41) is 3.14. The first kappa shape index (κ1) is 13.6. The van der Waals surface area contributed by atoms with E-state index in [1.54, 1.807) is 7.11 Å². The van der Waals surface area contributed by atoms with Gasteiger partial charge in [0.15, 0.2) is 0 Å². The van der Waals surface area contributed by atoms with Crippen LogP contribution in [0.5, 0.6) is 5.75 Å². The minimum Gasteiger partial charge on any atom is -0.497 e. The van der Waals surface area contributed by atoms with Crippen LogP contribution in [0.25, 0.3) is 0 Å². The second kappa shape index (κ2) is 5.77. The summed E-state index contributed by atoms with van der Waals surface area (Å²) in [7, 11) is 1.62. The van der Waals surface area contributed by atoms with Crippen molar-refractivity contribution in [2.45, 2.75) is 19.4 Å². The number of rotatable bonds is 3. The first-order chi connectivity index (χ1) is 7.74. The Kier molecular flexibility index (Phi) is 4.63. The van der Waals surface area contributed by atoms with Crippen molar-refractivity contribution in [1.29, 1.82) is 0 Å². The number of ether oxygens (including phenoxy) is 2. The SMILES string of the molecule is CCOC(=O)C1Cc2ccc(OC)cc2N1.Cl. The molecule has 0 saturated heterocycles. The summed E-state index contributed by atoms with van der Waals surface area (Å²) >= 11 is 0. The second-order valence-corrected chi connectivity index (χ2v) is 3.68. The summed E-state index contributed by atoms with van der Waals surface area (Å²) in [6.07, 6.45) is 0.679. The van der Waals surface area contributed by atoms with Gasteiger partial charge >= 0.3 is 5.97 Å². The highest BCUT2D eigenvalue weighted by Gasteiger charge is 2.27. The van der Waals surface area contributed by atoms with Crippen LogP contribution >= 0.6 is 12.4 Å². The van der Waals surface area contributed by atoms with Crippen molar-refractivity contribution in [3.63, 3.8) is 0 Å². The van der Waals surface area contributed by atoms with E-state index in [-0.39, 0.29) is 24.4 Å². The molecule has 0 saturated carbocycles. The Balaban J connectivity index is 0.00000144. The lowest BCUT2D eigenvalue weighted by Gasteiger charge is -2.09. The molecule has 1 aromatic carbocycles. The number of methoxy groups -OCH3 is 1. The molecule has 0 fully saturated rings. The average molecular weight is 258 g/mol. The molecule has 17 heavy (non-hydrogen) atoms. The van der Waals surface area contributed by atoms with Gasteiger partial charge in [-0.25, -0.2) is 4.79 Å². The van der Waals surface area contributed by atoms with Crippen molar-refractivity contribution in [3.05, 3.63) is 23.8 Å². The number of benzene rings is 1. The lowest BCUT2D eigenvalue weighted by atomic mass is 10.1. The van der Waals surface area contributed by atoms with Crippen LogP contribution in [0.4, 0.5) is 5.69 Å². The fourth-order valence-electron chi connectivity index (χ4n) is 1.84. The molecule has 2 rings (SSSR count). The van der Waals surface area contributed by atoms with Crippen LogP contribution < -0.4 is 10.1 Å². The molecule has 5 heteroatoms. The first-order valence-electron chi connectivity index (χ1n) is 5.34. The van der Waals surface area contributed by atoms with Crippen molar-refractivity contribution in [2.24, 2.45) is 0 Å². The highest BCUT2D eigenvalue weighted by molar-refractivity contribution is 5.85. The largest absolute Gasteiger partial charge is 0.497 e. The van der Waals surface area contributed by atoms with Gasteiger partial charge in [0.2, 0.25) is 0 Å². The third-order valence-corrected chi connectivity index (χ3v) is 2.64. The van der Waals surface area contributed by atoms with Gasteiger partial charge < -0.3 is 14.8 Å². The number of fused-ring (bicyclic) bond motifs is 1. The lowest BCUT2D eigenvalue weighted by Crippen LogP contribution is -2.28. The maximum atomic E-state index is 11.6. The zero-order chi connectivity index (χ0) is 11.5. The lowest BCUT2D eigenvalue weighted by molar-refractivity contribution is -0.143. The molecule has 1 heterocycles. The third kappa shape index (κ3) is 2.82. The van der Waals surface area contributed by atoms with Gasteiger partial charge in [-0.1, -0.05) is 6.07 Å². The highest BCUT2D eigenvalue weighted by atomic mass is 35.5. The number of esters is 1. The van der Waals surface area contributed by atoms with Crippen LogP contribution in [-0.2, 0) is 16.0 Å². The molecule has 1 unspecified atom stereocenters. The van der Waals surface area contributed by atoms with Crippen LogP contribution in [0.3, 0.4) is 0 Å². The molecule has 0 amide bonds. The Morgan fingerprint density at radius 1 is 1.53 bits per heavy atom. The van der Waals surface area contributed by atoms with Gasteiger partial charge in [0.1, 0.15) is 11.8 Å². The van der Waals surface area contributed by atoms with Crippen molar-refractivity contribution >= 4 is 24.1 Å². The molecule has 0 aromatic heterocycles. The van der Waals surface area contributed by atoms with E-state index in [2.05, 4.69) is 5.32 Å². The second-order valence-electron chi connectivity index (χ2n) is 3.68. The molecule has 0 aliphatic carbocycles. The number of hydrogen-bond donors (Lipinski definition) is 1. The van der Waals surface area contributed by atoms with Gasteiger partial charge in [0.05, 0.1) is 13.7 Å². The van der Waals surface area contributed by atoms with E-state index >= 15 is 0 Å². The molecular formula is C12H16ClNO3. The zero-order valence-corrected chi connectivity index (χ0v) is 10.7. The number of carbonyl (C=O) groups is 1. The average Bonchev–Trinajstić information content (AvgIpc) is 2.71. The number of anilines is 1. The van der Waals surface area contributed by atoms with Gasteiger partial charge in [0.25, 0.3) is 0 Å². The Labute approximate surface area is 107 Å². The summed E-state index contributed by atoms with van der Waals surface area (Å²) in [4.78, 5) is 11.6. The predicted molar refractivity (Wildman–Crippen MR) is 68.0 cm³/mol. The predicted octanol–water partition coefficient (Wildman–Crippen LogP) is 2.02. The topological polar surface area (TPSA) is 47.6 Å². The van der Waals surface area contributed by atoms with E-state index in [1.165, 1.54) is 0 Å². The summed E-state index contributed by atoms with van der Waals surface area (Å²) in [6, 6.07) is 5.50. The minimum atomic E-state index is -0.262. The minimum absolute atomic E-state index is 0. The summed E-state index contributed by atoms with van der Waals surface area (Å²) < 4.78 is 10.1. The number of carbonyl (C=O) groups excluding carboxylic acids is 1. The quantitative estimate of drug-likeness (QED) is 0.842. The summed E-state index contributed by atoms with van der Waals surface area (Å²) in [6.45, 7) is 2.22. The smallest absolute Gasteiger partial charge is 0.328 e. The molecular weight excluding hydrogens is 242 g/mol. The van der Waals surface area contributed by atoms with E-state index in [0.717, 1.165) is 17.0 Å². The number of halogens is 1. The van der Waals surface area contributed by atoms with Crippen LogP contribution in [-0.4, -0.2) is 25.7 Å². The summed E-state index contributed by atoms with van der Waals surface area (Å²) in [5.41, 5.74) is 2.08. The molecule has 0 bridgehead atoms. The zero-order valence-electron chi connectivity index (χ0n) is 9.86. The van der Waals surface area contributed by atoms with Gasteiger partial charge in [-0.3, -0.25) is 0 Å². The molecule has 1 aliphatic heterocycles. The summed E-state index contributed by atoms with van der Waals surface area (Å²) in [5.74, 6) is 0.591. The Hall–Kier alpha value is -1.42. The molecule has 94 valence electrons. The van der Waals surface area contributed by atoms with Crippen molar-refractivity contribution in [1.82, 2.24) is 0 Å². The molecule has 1 aliphatic rings. The van der Waals surface area contributed by atoms with Gasteiger partial charge in [0, 0.05) is 18.2 Å². The molecule has 0 spiro atoms. The van der Waals surface area contributed by atoms with Gasteiger partial charge in [-0.2, -0.15) is 0 Å². The maximum absolute atomic E-state index is 11.6. The Bertz CT molecular complexity index is 409. The standard InChI is InChI=1S/C12H15NO3.ClH/c1-3-16-12(14)11-6-8-4-5-9(15-2)7-10(8)13-11;/h4-5,7,11,13H,3,6H2,1-2H3;1H. The molecule has 0 radical (unpaired) electrons. The molecule has 1 atom stereocenters.